The quantitative estimate of drug-likeness (QED) is 0.317. The van der Waals surface area contributed by atoms with Crippen molar-refractivity contribution in [2.45, 2.75) is 19.4 Å². The van der Waals surface area contributed by atoms with Crippen LogP contribution in [-0.4, -0.2) is 73.8 Å². The van der Waals surface area contributed by atoms with Gasteiger partial charge in [0, 0.05) is 73.4 Å². The highest BCUT2D eigenvalue weighted by atomic mass is 35.5. The van der Waals surface area contributed by atoms with Gasteiger partial charge in [0.05, 0.1) is 17.8 Å². The fourth-order valence-electron chi connectivity index (χ4n) is 5.17. The van der Waals surface area contributed by atoms with Crippen LogP contribution in [0, 0.1) is 0 Å². The van der Waals surface area contributed by atoms with Crippen LogP contribution in [0.2, 0.25) is 5.02 Å². The molecule has 0 unspecified atom stereocenters. The van der Waals surface area contributed by atoms with Crippen LogP contribution in [0.4, 0.5) is 0 Å². The Morgan fingerprint density at radius 3 is 2.77 bits per heavy atom. The van der Waals surface area contributed by atoms with Crippen LogP contribution in [0.5, 0.6) is 0 Å². The van der Waals surface area contributed by atoms with E-state index in [0.717, 1.165) is 50.5 Å². The highest BCUT2D eigenvalue weighted by Crippen LogP contribution is 2.39. The molecule has 2 N–H and O–H groups in total. The molecule has 3 aromatic heterocycles. The zero-order valence-corrected chi connectivity index (χ0v) is 22.5. The predicted molar refractivity (Wildman–Crippen MR) is 152 cm³/mol. The lowest BCUT2D eigenvalue weighted by Gasteiger charge is -2.28. The SMILES string of the molecule is CN(C)C(=O)c1cc2c(-c3cc4cc[nH]c4cc3Cl)cc(C3=CCCN(C(=O)CCn4ccnn4)C3)cc2[nH]1. The van der Waals surface area contributed by atoms with Crippen molar-refractivity contribution >= 4 is 50.8 Å². The molecule has 1 aliphatic heterocycles. The summed E-state index contributed by atoms with van der Waals surface area (Å²) in [7, 11) is 3.47. The van der Waals surface area contributed by atoms with Gasteiger partial charge in [-0.2, -0.15) is 0 Å². The summed E-state index contributed by atoms with van der Waals surface area (Å²) in [5.74, 6) is -0.0241. The highest BCUT2D eigenvalue weighted by molar-refractivity contribution is 6.34. The van der Waals surface area contributed by atoms with Gasteiger partial charge in [-0.15, -0.1) is 5.10 Å². The van der Waals surface area contributed by atoms with E-state index in [-0.39, 0.29) is 11.8 Å². The van der Waals surface area contributed by atoms with E-state index in [1.807, 2.05) is 29.3 Å². The van der Waals surface area contributed by atoms with E-state index in [1.165, 1.54) is 0 Å². The molecule has 5 aromatic rings. The Kier molecular flexibility index (Phi) is 6.44. The van der Waals surface area contributed by atoms with Gasteiger partial charge in [0.25, 0.3) is 5.91 Å². The van der Waals surface area contributed by atoms with Crippen LogP contribution in [-0.2, 0) is 11.3 Å². The zero-order valence-electron chi connectivity index (χ0n) is 21.7. The van der Waals surface area contributed by atoms with Crippen molar-refractivity contribution in [1.29, 1.82) is 0 Å². The molecule has 9 nitrogen and oxygen atoms in total. The minimum atomic E-state index is -0.105. The summed E-state index contributed by atoms with van der Waals surface area (Å²) in [5, 5.41) is 10.3. The number of hydrogen-bond donors (Lipinski definition) is 2. The maximum absolute atomic E-state index is 13.0. The monoisotopic (exact) mass is 541 g/mol. The fourth-order valence-corrected chi connectivity index (χ4v) is 5.43. The van der Waals surface area contributed by atoms with Gasteiger partial charge in [0.15, 0.2) is 0 Å². The molecule has 0 saturated carbocycles. The second-order valence-electron chi connectivity index (χ2n) is 10.0. The Morgan fingerprint density at radius 1 is 1.10 bits per heavy atom. The number of aromatic amines is 2. The molecular formula is C29H28ClN7O2. The summed E-state index contributed by atoms with van der Waals surface area (Å²) in [5.41, 5.74) is 6.18. The van der Waals surface area contributed by atoms with Crippen molar-refractivity contribution in [2.75, 3.05) is 27.2 Å². The first-order valence-electron chi connectivity index (χ1n) is 12.8. The number of aromatic nitrogens is 5. The van der Waals surface area contributed by atoms with E-state index in [4.69, 9.17) is 11.6 Å². The number of hydrogen-bond acceptors (Lipinski definition) is 4. The highest BCUT2D eigenvalue weighted by Gasteiger charge is 2.22. The lowest BCUT2D eigenvalue weighted by Crippen LogP contribution is -2.35. The Labute approximate surface area is 230 Å². The number of amides is 2. The Bertz CT molecular complexity index is 1730. The average Bonchev–Trinajstić information content (AvgIpc) is 3.71. The molecule has 1 aliphatic rings. The van der Waals surface area contributed by atoms with Gasteiger partial charge in [-0.05, 0) is 59.5 Å². The first-order chi connectivity index (χ1) is 18.9. The van der Waals surface area contributed by atoms with Crippen LogP contribution in [0.25, 0.3) is 38.5 Å². The van der Waals surface area contributed by atoms with Crippen molar-refractivity contribution in [3.05, 3.63) is 77.3 Å². The van der Waals surface area contributed by atoms with E-state index in [2.05, 4.69) is 44.6 Å². The summed E-state index contributed by atoms with van der Waals surface area (Å²) < 4.78 is 1.67. The molecule has 0 spiro atoms. The van der Waals surface area contributed by atoms with E-state index in [9.17, 15) is 9.59 Å². The van der Waals surface area contributed by atoms with E-state index in [0.29, 0.717) is 36.8 Å². The standard InChI is InChI=1S/C29H28ClN7O2/c1-35(2)29(39)27-15-23-21(22-12-18-5-7-31-25(18)16-24(22)30)13-20(14-26(23)33-27)19-4-3-9-36(17-19)28(38)6-10-37-11-8-32-34-37/h4-5,7-8,11-16,31,33H,3,6,9-10,17H2,1-2H3. The molecule has 0 atom stereocenters. The van der Waals surface area contributed by atoms with Gasteiger partial charge in [-0.1, -0.05) is 22.9 Å². The topological polar surface area (TPSA) is 103 Å². The van der Waals surface area contributed by atoms with Crippen LogP contribution < -0.4 is 0 Å². The summed E-state index contributed by atoms with van der Waals surface area (Å²) in [4.78, 5) is 35.8. The maximum atomic E-state index is 13.0. The predicted octanol–water partition coefficient (Wildman–Crippen LogP) is 4.97. The number of H-pyrrole nitrogens is 2. The molecule has 0 saturated heterocycles. The lowest BCUT2D eigenvalue weighted by molar-refractivity contribution is -0.131. The molecule has 6 rings (SSSR count). The molecule has 198 valence electrons. The molecule has 10 heteroatoms. The zero-order chi connectivity index (χ0) is 27.1. The molecule has 4 heterocycles. The van der Waals surface area contributed by atoms with Crippen LogP contribution in [0.15, 0.2) is 61.1 Å². The van der Waals surface area contributed by atoms with Crippen molar-refractivity contribution in [3.63, 3.8) is 0 Å². The summed E-state index contributed by atoms with van der Waals surface area (Å²) >= 11 is 6.81. The van der Waals surface area contributed by atoms with Gasteiger partial charge in [-0.25, -0.2) is 0 Å². The molecule has 0 bridgehead atoms. The summed E-state index contributed by atoms with van der Waals surface area (Å²) in [6.45, 7) is 1.68. The average molecular weight is 542 g/mol. The van der Waals surface area contributed by atoms with Crippen molar-refractivity contribution in [2.24, 2.45) is 0 Å². The van der Waals surface area contributed by atoms with Gasteiger partial charge in [0.1, 0.15) is 5.69 Å². The van der Waals surface area contributed by atoms with Crippen molar-refractivity contribution < 1.29 is 9.59 Å². The second-order valence-corrected chi connectivity index (χ2v) is 10.4. The van der Waals surface area contributed by atoms with E-state index >= 15 is 0 Å². The first kappa shape index (κ1) is 24.9. The molecule has 2 amide bonds. The third-order valence-electron chi connectivity index (χ3n) is 7.21. The number of nitrogens with zero attached hydrogens (tertiary/aromatic N) is 5. The van der Waals surface area contributed by atoms with Crippen LogP contribution in [0.1, 0.15) is 28.9 Å². The van der Waals surface area contributed by atoms with Crippen molar-refractivity contribution in [1.82, 2.24) is 34.8 Å². The molecule has 0 aliphatic carbocycles. The number of rotatable bonds is 6. The number of benzene rings is 2. The van der Waals surface area contributed by atoms with E-state index in [1.54, 1.807) is 36.1 Å². The Morgan fingerprint density at radius 2 is 1.97 bits per heavy atom. The molecular weight excluding hydrogens is 514 g/mol. The normalized spacial score (nSPS) is 13.7. The van der Waals surface area contributed by atoms with Gasteiger partial charge < -0.3 is 19.8 Å². The van der Waals surface area contributed by atoms with Crippen molar-refractivity contribution in [3.8, 4) is 11.1 Å². The summed E-state index contributed by atoms with van der Waals surface area (Å²) in [6.07, 6.45) is 8.58. The maximum Gasteiger partial charge on any atom is 0.269 e. The number of nitrogens with one attached hydrogen (secondary N) is 2. The Hall–Kier alpha value is -4.37. The molecule has 39 heavy (non-hydrogen) atoms. The smallest absolute Gasteiger partial charge is 0.269 e. The van der Waals surface area contributed by atoms with Gasteiger partial charge in [-0.3, -0.25) is 14.3 Å². The number of carbonyl (C=O) groups excluding carboxylic acids is 2. The van der Waals surface area contributed by atoms with Gasteiger partial charge >= 0.3 is 0 Å². The van der Waals surface area contributed by atoms with Crippen LogP contribution in [0.3, 0.4) is 0 Å². The fraction of sp³-hybridized carbons (Fsp3) is 0.241. The number of halogens is 1. The largest absolute Gasteiger partial charge is 0.361 e. The number of fused-ring (bicyclic) bond motifs is 2. The Balaban J connectivity index is 1.39. The molecule has 0 fully saturated rings. The van der Waals surface area contributed by atoms with Crippen LogP contribution >= 0.6 is 11.6 Å². The minimum absolute atomic E-state index is 0.0806. The number of aryl methyl sites for hydroxylation is 1. The van der Waals surface area contributed by atoms with Gasteiger partial charge in [0.2, 0.25) is 5.91 Å². The molecule has 0 radical (unpaired) electrons. The summed E-state index contributed by atoms with van der Waals surface area (Å²) in [6, 6.07) is 12.1. The second kappa shape index (κ2) is 10.1. The lowest BCUT2D eigenvalue weighted by atomic mass is 9.93. The third-order valence-corrected chi connectivity index (χ3v) is 7.52. The molecule has 2 aromatic carbocycles. The minimum Gasteiger partial charge on any atom is -0.361 e. The first-order valence-corrected chi connectivity index (χ1v) is 13.2. The third kappa shape index (κ3) is 4.81. The number of carbonyl (C=O) groups is 2. The van der Waals surface area contributed by atoms with E-state index < -0.39 is 0 Å².